The van der Waals surface area contributed by atoms with Gasteiger partial charge >= 0.3 is 6.09 Å². The lowest BCUT2D eigenvalue weighted by Crippen LogP contribution is -2.44. The summed E-state index contributed by atoms with van der Waals surface area (Å²) in [6, 6.07) is 9.70. The number of carbonyl (C=O) groups excluding carboxylic acids is 1. The van der Waals surface area contributed by atoms with E-state index in [-0.39, 0.29) is 6.61 Å². The lowest BCUT2D eigenvalue weighted by Gasteiger charge is -2.32. The number of rotatable bonds is 6. The summed E-state index contributed by atoms with van der Waals surface area (Å²) >= 11 is 0. The molecule has 5 heteroatoms. The number of ether oxygens (including phenoxy) is 2. The molecule has 1 amide bonds. The molecule has 0 aliphatic heterocycles. The molecule has 0 spiro atoms. The van der Waals surface area contributed by atoms with E-state index >= 15 is 0 Å². The molecule has 1 unspecified atom stereocenters. The third kappa shape index (κ3) is 6.14. The number of hydrogen-bond acceptors (Lipinski definition) is 4. The predicted molar refractivity (Wildman–Crippen MR) is 80.9 cm³/mol. The molecule has 0 fully saturated rings. The van der Waals surface area contributed by atoms with E-state index in [1.807, 2.05) is 51.1 Å². The summed E-state index contributed by atoms with van der Waals surface area (Å²) in [7, 11) is 1.48. The molecule has 1 aromatic carbocycles. The number of carbonyl (C=O) groups is 1. The van der Waals surface area contributed by atoms with Gasteiger partial charge in [0.05, 0.1) is 19.3 Å². The van der Waals surface area contributed by atoms with E-state index in [1.165, 1.54) is 7.05 Å². The predicted octanol–water partition coefficient (Wildman–Crippen LogP) is 2.33. The molecule has 21 heavy (non-hydrogen) atoms. The zero-order valence-corrected chi connectivity index (χ0v) is 13.1. The van der Waals surface area contributed by atoms with Crippen molar-refractivity contribution in [1.29, 1.82) is 0 Å². The summed E-state index contributed by atoms with van der Waals surface area (Å²) in [5.41, 5.74) is 0.621. The van der Waals surface area contributed by atoms with Crippen LogP contribution in [-0.2, 0) is 16.1 Å². The molecule has 0 saturated heterocycles. The quantitative estimate of drug-likeness (QED) is 0.845. The SMILES string of the molecule is CNC(=O)O[C@H](COCc1ccccc1)C(O)C(C)(C)C. The Morgan fingerprint density at radius 1 is 1.29 bits per heavy atom. The fraction of sp³-hybridized carbons (Fsp3) is 0.562. The van der Waals surface area contributed by atoms with Gasteiger partial charge in [-0.15, -0.1) is 0 Å². The van der Waals surface area contributed by atoms with Crippen molar-refractivity contribution < 1.29 is 19.4 Å². The van der Waals surface area contributed by atoms with Crippen LogP contribution >= 0.6 is 0 Å². The molecule has 0 heterocycles. The van der Waals surface area contributed by atoms with E-state index in [2.05, 4.69) is 5.32 Å². The zero-order chi connectivity index (χ0) is 15.9. The lowest BCUT2D eigenvalue weighted by atomic mass is 9.86. The molecule has 0 aliphatic rings. The van der Waals surface area contributed by atoms with E-state index in [0.29, 0.717) is 6.61 Å². The molecular weight excluding hydrogens is 270 g/mol. The third-order valence-electron chi connectivity index (χ3n) is 3.10. The highest BCUT2D eigenvalue weighted by Crippen LogP contribution is 2.24. The van der Waals surface area contributed by atoms with Crippen molar-refractivity contribution in [3.05, 3.63) is 35.9 Å². The minimum absolute atomic E-state index is 0.140. The first-order valence-corrected chi connectivity index (χ1v) is 7.02. The minimum atomic E-state index is -0.814. The topological polar surface area (TPSA) is 67.8 Å². The van der Waals surface area contributed by atoms with Crippen LogP contribution in [-0.4, -0.2) is 37.1 Å². The maximum Gasteiger partial charge on any atom is 0.407 e. The van der Waals surface area contributed by atoms with E-state index in [9.17, 15) is 9.90 Å². The smallest absolute Gasteiger partial charge is 0.407 e. The first kappa shape index (κ1) is 17.5. The van der Waals surface area contributed by atoms with E-state index in [4.69, 9.17) is 9.47 Å². The summed E-state index contributed by atoms with van der Waals surface area (Å²) < 4.78 is 10.8. The molecule has 1 aromatic rings. The Balaban J connectivity index is 2.58. The molecule has 1 rings (SSSR count). The van der Waals surface area contributed by atoms with Crippen LogP contribution in [0.5, 0.6) is 0 Å². The fourth-order valence-corrected chi connectivity index (χ4v) is 1.81. The van der Waals surface area contributed by atoms with Crippen molar-refractivity contribution >= 4 is 6.09 Å². The average molecular weight is 295 g/mol. The van der Waals surface area contributed by atoms with Gasteiger partial charge in [-0.3, -0.25) is 0 Å². The number of hydrogen-bond donors (Lipinski definition) is 2. The maximum absolute atomic E-state index is 11.4. The average Bonchev–Trinajstić information content (AvgIpc) is 2.45. The molecule has 2 atom stereocenters. The second kappa shape index (κ2) is 8.00. The van der Waals surface area contributed by atoms with E-state index in [0.717, 1.165) is 5.56 Å². The molecule has 0 bridgehead atoms. The monoisotopic (exact) mass is 295 g/mol. The zero-order valence-electron chi connectivity index (χ0n) is 13.1. The first-order chi connectivity index (χ1) is 9.84. The number of benzene rings is 1. The van der Waals surface area contributed by atoms with Gasteiger partial charge in [-0.05, 0) is 11.0 Å². The molecule has 2 N–H and O–H groups in total. The van der Waals surface area contributed by atoms with Crippen LogP contribution in [0.3, 0.4) is 0 Å². The maximum atomic E-state index is 11.4. The highest BCUT2D eigenvalue weighted by molar-refractivity contribution is 5.66. The number of aliphatic hydroxyl groups is 1. The first-order valence-electron chi connectivity index (χ1n) is 7.02. The molecular formula is C16H25NO4. The van der Waals surface area contributed by atoms with Gasteiger partial charge in [-0.25, -0.2) is 4.79 Å². The molecule has 0 aromatic heterocycles. The van der Waals surface area contributed by atoms with Crippen LogP contribution in [0.2, 0.25) is 0 Å². The number of aliphatic hydroxyl groups excluding tert-OH is 1. The van der Waals surface area contributed by atoms with Crippen molar-refractivity contribution in [2.24, 2.45) is 5.41 Å². The molecule has 118 valence electrons. The second-order valence-corrected chi connectivity index (χ2v) is 6.01. The summed E-state index contributed by atoms with van der Waals surface area (Å²) in [5.74, 6) is 0. The summed E-state index contributed by atoms with van der Waals surface area (Å²) in [6.07, 6.45) is -2.11. The van der Waals surface area contributed by atoms with Crippen LogP contribution in [0.25, 0.3) is 0 Å². The second-order valence-electron chi connectivity index (χ2n) is 6.01. The third-order valence-corrected chi connectivity index (χ3v) is 3.10. The van der Waals surface area contributed by atoms with Crippen molar-refractivity contribution in [2.45, 2.75) is 39.6 Å². The minimum Gasteiger partial charge on any atom is -0.441 e. The van der Waals surface area contributed by atoms with Gasteiger partial charge in [-0.1, -0.05) is 51.1 Å². The Morgan fingerprint density at radius 3 is 2.43 bits per heavy atom. The Kier molecular flexibility index (Phi) is 6.65. The highest BCUT2D eigenvalue weighted by Gasteiger charge is 2.33. The van der Waals surface area contributed by atoms with E-state index in [1.54, 1.807) is 0 Å². The van der Waals surface area contributed by atoms with Gasteiger partial charge < -0.3 is 19.9 Å². The highest BCUT2D eigenvalue weighted by atomic mass is 16.6. The normalized spacial score (nSPS) is 14.3. The van der Waals surface area contributed by atoms with Gasteiger partial charge in [0.2, 0.25) is 0 Å². The molecule has 0 saturated carbocycles. The van der Waals surface area contributed by atoms with E-state index < -0.39 is 23.7 Å². The largest absolute Gasteiger partial charge is 0.441 e. The molecule has 5 nitrogen and oxygen atoms in total. The Morgan fingerprint density at radius 2 is 1.90 bits per heavy atom. The van der Waals surface area contributed by atoms with Crippen molar-refractivity contribution in [3.63, 3.8) is 0 Å². The van der Waals surface area contributed by atoms with Gasteiger partial charge in [0.15, 0.2) is 6.10 Å². The fourth-order valence-electron chi connectivity index (χ4n) is 1.81. The van der Waals surface area contributed by atoms with Crippen LogP contribution in [0.15, 0.2) is 30.3 Å². The Bertz CT molecular complexity index is 428. The molecule has 0 aliphatic carbocycles. The van der Waals surface area contributed by atoms with Gasteiger partial charge in [0, 0.05) is 7.05 Å². The number of amides is 1. The number of alkyl carbamates (subject to hydrolysis) is 1. The van der Waals surface area contributed by atoms with Crippen molar-refractivity contribution in [1.82, 2.24) is 5.32 Å². The van der Waals surface area contributed by atoms with Gasteiger partial charge in [0.1, 0.15) is 0 Å². The van der Waals surface area contributed by atoms with Crippen molar-refractivity contribution in [2.75, 3.05) is 13.7 Å². The lowest BCUT2D eigenvalue weighted by molar-refractivity contribution is -0.0865. The summed E-state index contributed by atoms with van der Waals surface area (Å²) in [4.78, 5) is 11.4. The summed E-state index contributed by atoms with van der Waals surface area (Å²) in [6.45, 7) is 6.20. The summed E-state index contributed by atoms with van der Waals surface area (Å²) in [5, 5.41) is 12.7. The Labute approximate surface area is 126 Å². The van der Waals surface area contributed by atoms with Gasteiger partial charge in [-0.2, -0.15) is 0 Å². The van der Waals surface area contributed by atoms with Crippen LogP contribution in [0, 0.1) is 5.41 Å². The van der Waals surface area contributed by atoms with Crippen LogP contribution in [0.1, 0.15) is 26.3 Å². The number of nitrogens with one attached hydrogen (secondary N) is 1. The van der Waals surface area contributed by atoms with Crippen LogP contribution < -0.4 is 5.32 Å². The van der Waals surface area contributed by atoms with Crippen molar-refractivity contribution in [3.8, 4) is 0 Å². The molecule has 0 radical (unpaired) electrons. The standard InChI is InChI=1S/C16H25NO4/c1-16(2,3)14(18)13(21-15(19)17-4)11-20-10-12-8-6-5-7-9-12/h5-9,13-14,18H,10-11H2,1-4H3,(H,17,19)/t13-,14?/m1/s1. The Hall–Kier alpha value is -1.59. The van der Waals surface area contributed by atoms with Crippen LogP contribution in [0.4, 0.5) is 4.79 Å². The van der Waals surface area contributed by atoms with Gasteiger partial charge in [0.25, 0.3) is 0 Å².